The fourth-order valence-corrected chi connectivity index (χ4v) is 2.90. The average Bonchev–Trinajstić information content (AvgIpc) is 3.11. The molecule has 126 valence electrons. The van der Waals surface area contributed by atoms with Crippen molar-refractivity contribution in [3.8, 4) is 28.5 Å². The Bertz CT molecular complexity index is 1140. The molecule has 0 amide bonds. The molecular formula is C20H12F2N4. The van der Waals surface area contributed by atoms with E-state index in [2.05, 4.69) is 16.0 Å². The Hall–Kier alpha value is -3.59. The highest BCUT2D eigenvalue weighted by atomic mass is 19.3. The van der Waals surface area contributed by atoms with Crippen LogP contribution in [0.2, 0.25) is 0 Å². The fourth-order valence-electron chi connectivity index (χ4n) is 2.90. The van der Waals surface area contributed by atoms with Crippen LogP contribution in [-0.2, 0) is 0 Å². The summed E-state index contributed by atoms with van der Waals surface area (Å²) in [5, 5.41) is 9.31. The lowest BCUT2D eigenvalue weighted by atomic mass is 9.98. The standard InChI is InChI=1S/C20H12F2N4/c21-19(22)17-8-9-26-18(12-24-20(26)25-17)14-6-3-5-13(10-14)16-7-2-1-4-15(16)11-23/h1-10,12,19H. The van der Waals surface area contributed by atoms with Crippen LogP contribution in [0.1, 0.15) is 17.7 Å². The van der Waals surface area contributed by atoms with Crippen LogP contribution in [0, 0.1) is 11.3 Å². The van der Waals surface area contributed by atoms with E-state index in [1.165, 1.54) is 6.07 Å². The van der Waals surface area contributed by atoms with Crippen molar-refractivity contribution in [2.45, 2.75) is 6.43 Å². The van der Waals surface area contributed by atoms with Gasteiger partial charge in [0, 0.05) is 11.8 Å². The quantitative estimate of drug-likeness (QED) is 0.532. The average molecular weight is 346 g/mol. The van der Waals surface area contributed by atoms with Crippen molar-refractivity contribution in [3.63, 3.8) is 0 Å². The van der Waals surface area contributed by atoms with Crippen LogP contribution in [0.4, 0.5) is 8.78 Å². The molecule has 4 nitrogen and oxygen atoms in total. The summed E-state index contributed by atoms with van der Waals surface area (Å²) in [6.45, 7) is 0. The van der Waals surface area contributed by atoms with E-state index >= 15 is 0 Å². The molecule has 0 radical (unpaired) electrons. The molecule has 26 heavy (non-hydrogen) atoms. The Morgan fingerprint density at radius 2 is 1.81 bits per heavy atom. The van der Waals surface area contributed by atoms with Crippen molar-refractivity contribution in [1.82, 2.24) is 14.4 Å². The number of imidazole rings is 1. The van der Waals surface area contributed by atoms with Gasteiger partial charge in [0.05, 0.1) is 23.5 Å². The second-order valence-corrected chi connectivity index (χ2v) is 5.70. The number of aromatic nitrogens is 3. The highest BCUT2D eigenvalue weighted by Gasteiger charge is 2.13. The Labute approximate surface area is 148 Å². The number of hydrogen-bond donors (Lipinski definition) is 0. The summed E-state index contributed by atoms with van der Waals surface area (Å²) in [5.74, 6) is 0.223. The largest absolute Gasteiger partial charge is 0.284 e. The molecule has 0 saturated carbocycles. The van der Waals surface area contributed by atoms with E-state index in [9.17, 15) is 14.0 Å². The third-order valence-corrected chi connectivity index (χ3v) is 4.14. The van der Waals surface area contributed by atoms with E-state index in [1.807, 2.05) is 42.5 Å². The first-order valence-electron chi connectivity index (χ1n) is 7.89. The second-order valence-electron chi connectivity index (χ2n) is 5.70. The van der Waals surface area contributed by atoms with Crippen molar-refractivity contribution in [3.05, 3.63) is 78.2 Å². The van der Waals surface area contributed by atoms with Gasteiger partial charge in [-0.05, 0) is 29.3 Å². The van der Waals surface area contributed by atoms with Crippen LogP contribution in [0.5, 0.6) is 0 Å². The molecule has 0 atom stereocenters. The zero-order valence-electron chi connectivity index (χ0n) is 13.5. The summed E-state index contributed by atoms with van der Waals surface area (Å²) in [4.78, 5) is 8.03. The lowest BCUT2D eigenvalue weighted by Crippen LogP contribution is -1.96. The molecule has 0 aliphatic heterocycles. The predicted octanol–water partition coefficient (Wildman–Crippen LogP) is 4.87. The van der Waals surface area contributed by atoms with Crippen LogP contribution in [0.15, 0.2) is 67.0 Å². The van der Waals surface area contributed by atoms with E-state index in [-0.39, 0.29) is 11.5 Å². The molecule has 0 spiro atoms. The van der Waals surface area contributed by atoms with Crippen molar-refractivity contribution < 1.29 is 8.78 Å². The first kappa shape index (κ1) is 15.9. The molecular weight excluding hydrogens is 334 g/mol. The topological polar surface area (TPSA) is 54.0 Å². The summed E-state index contributed by atoms with van der Waals surface area (Å²) < 4.78 is 27.3. The van der Waals surface area contributed by atoms with Crippen LogP contribution in [0.25, 0.3) is 28.2 Å². The summed E-state index contributed by atoms with van der Waals surface area (Å²) in [5.41, 5.74) is 3.62. The van der Waals surface area contributed by atoms with E-state index in [1.54, 1.807) is 22.9 Å². The molecule has 0 fully saturated rings. The predicted molar refractivity (Wildman–Crippen MR) is 93.5 cm³/mol. The van der Waals surface area contributed by atoms with Crippen molar-refractivity contribution in [2.24, 2.45) is 0 Å². The number of fused-ring (bicyclic) bond motifs is 1. The number of nitriles is 1. The van der Waals surface area contributed by atoms with Gasteiger partial charge in [-0.1, -0.05) is 36.4 Å². The number of hydrogen-bond acceptors (Lipinski definition) is 3. The smallest absolute Gasteiger partial charge is 0.280 e. The minimum absolute atomic E-state index is 0.223. The molecule has 0 aliphatic carbocycles. The van der Waals surface area contributed by atoms with Gasteiger partial charge in [-0.15, -0.1) is 0 Å². The van der Waals surface area contributed by atoms with E-state index < -0.39 is 6.43 Å². The Balaban J connectivity index is 1.83. The maximum Gasteiger partial charge on any atom is 0.280 e. The van der Waals surface area contributed by atoms with Crippen molar-refractivity contribution in [2.75, 3.05) is 0 Å². The van der Waals surface area contributed by atoms with Gasteiger partial charge < -0.3 is 0 Å². The third kappa shape index (κ3) is 2.70. The number of rotatable bonds is 3. The highest BCUT2D eigenvalue weighted by molar-refractivity contribution is 5.75. The number of benzene rings is 2. The first-order valence-corrected chi connectivity index (χ1v) is 7.89. The molecule has 6 heteroatoms. The van der Waals surface area contributed by atoms with Crippen molar-refractivity contribution in [1.29, 1.82) is 5.26 Å². The fraction of sp³-hybridized carbons (Fsp3) is 0.0500. The van der Waals surface area contributed by atoms with Gasteiger partial charge in [0.2, 0.25) is 5.78 Å². The maximum atomic E-state index is 12.8. The monoisotopic (exact) mass is 346 g/mol. The second kappa shape index (κ2) is 6.37. The van der Waals surface area contributed by atoms with Gasteiger partial charge in [-0.2, -0.15) is 5.26 Å². The van der Waals surface area contributed by atoms with Crippen LogP contribution in [-0.4, -0.2) is 14.4 Å². The van der Waals surface area contributed by atoms with Gasteiger partial charge in [-0.25, -0.2) is 18.7 Å². The van der Waals surface area contributed by atoms with Crippen LogP contribution >= 0.6 is 0 Å². The molecule has 0 bridgehead atoms. The number of alkyl halides is 2. The Kier molecular flexibility index (Phi) is 3.90. The molecule has 0 saturated heterocycles. The minimum atomic E-state index is -2.63. The summed E-state index contributed by atoms with van der Waals surface area (Å²) in [6, 6.07) is 18.5. The lowest BCUT2D eigenvalue weighted by Gasteiger charge is -2.07. The molecule has 0 N–H and O–H groups in total. The third-order valence-electron chi connectivity index (χ3n) is 4.14. The van der Waals surface area contributed by atoms with Gasteiger partial charge in [0.1, 0.15) is 5.69 Å². The van der Waals surface area contributed by atoms with E-state index in [4.69, 9.17) is 0 Å². The molecule has 0 unspecified atom stereocenters. The Morgan fingerprint density at radius 3 is 2.62 bits per heavy atom. The zero-order valence-corrected chi connectivity index (χ0v) is 13.5. The van der Waals surface area contributed by atoms with E-state index in [0.717, 1.165) is 22.4 Å². The Morgan fingerprint density at radius 1 is 1.00 bits per heavy atom. The minimum Gasteiger partial charge on any atom is -0.284 e. The molecule has 2 aromatic heterocycles. The summed E-state index contributed by atoms with van der Waals surface area (Å²) in [6.07, 6.45) is 0.514. The highest BCUT2D eigenvalue weighted by Crippen LogP contribution is 2.29. The van der Waals surface area contributed by atoms with Crippen molar-refractivity contribution >= 4 is 5.78 Å². The molecule has 2 heterocycles. The van der Waals surface area contributed by atoms with Gasteiger partial charge in [0.15, 0.2) is 0 Å². The number of halogens is 2. The summed E-state index contributed by atoms with van der Waals surface area (Å²) >= 11 is 0. The van der Waals surface area contributed by atoms with Gasteiger partial charge in [0.25, 0.3) is 6.43 Å². The molecule has 4 rings (SSSR count). The molecule has 0 aliphatic rings. The van der Waals surface area contributed by atoms with Crippen LogP contribution < -0.4 is 0 Å². The normalized spacial score (nSPS) is 11.0. The molecule has 2 aromatic carbocycles. The number of nitrogens with zero attached hydrogens (tertiary/aromatic N) is 4. The zero-order chi connectivity index (χ0) is 18.1. The first-order chi connectivity index (χ1) is 12.7. The van der Waals surface area contributed by atoms with Crippen LogP contribution in [0.3, 0.4) is 0 Å². The maximum absolute atomic E-state index is 12.8. The molecule has 4 aromatic rings. The lowest BCUT2D eigenvalue weighted by molar-refractivity contribution is 0.146. The van der Waals surface area contributed by atoms with Gasteiger partial charge >= 0.3 is 0 Å². The van der Waals surface area contributed by atoms with Gasteiger partial charge in [-0.3, -0.25) is 4.40 Å². The van der Waals surface area contributed by atoms with E-state index in [0.29, 0.717) is 5.56 Å². The summed E-state index contributed by atoms with van der Waals surface area (Å²) in [7, 11) is 0. The SMILES string of the molecule is N#Cc1ccccc1-c1cccc(-c2cnc3nc(C(F)F)ccn23)c1.